The summed E-state index contributed by atoms with van der Waals surface area (Å²) in [5.41, 5.74) is 1.38. The molecule has 0 saturated heterocycles. The molecular weight excluding hydrogens is 584 g/mol. The van der Waals surface area contributed by atoms with Crippen molar-refractivity contribution in [3.05, 3.63) is 54.1 Å². The molecule has 0 radical (unpaired) electrons. The van der Waals surface area contributed by atoms with Gasteiger partial charge in [-0.2, -0.15) is 0 Å². The van der Waals surface area contributed by atoms with Gasteiger partial charge in [-0.15, -0.1) is 0 Å². The van der Waals surface area contributed by atoms with Crippen LogP contribution >= 0.6 is 0 Å². The Balaban J connectivity index is 1.58. The Kier molecular flexibility index (Phi) is 13.3. The Bertz CT molecular complexity index is 1280. The van der Waals surface area contributed by atoms with E-state index in [4.69, 9.17) is 9.47 Å². The van der Waals surface area contributed by atoms with Gasteiger partial charge >= 0.3 is 6.03 Å². The number of anilines is 2. The highest BCUT2D eigenvalue weighted by molar-refractivity contribution is 6.02. The summed E-state index contributed by atoms with van der Waals surface area (Å²) < 4.78 is 12.7. The van der Waals surface area contributed by atoms with Crippen LogP contribution in [0.5, 0.6) is 5.75 Å². The van der Waals surface area contributed by atoms with Crippen LogP contribution in [0.25, 0.3) is 0 Å². The average Bonchev–Trinajstić information content (AvgIpc) is 3.06. The Morgan fingerprint density at radius 1 is 0.978 bits per heavy atom. The molecule has 10 nitrogen and oxygen atoms in total. The van der Waals surface area contributed by atoms with Crippen molar-refractivity contribution >= 4 is 29.2 Å². The fourth-order valence-corrected chi connectivity index (χ4v) is 6.30. The van der Waals surface area contributed by atoms with Crippen molar-refractivity contribution in [3.8, 4) is 5.75 Å². The smallest absolute Gasteiger partial charge is 0.323 e. The lowest BCUT2D eigenvalue weighted by atomic mass is 9.88. The molecule has 46 heavy (non-hydrogen) atoms. The standard InChI is InChI=1S/C36H52N4O6/c1-25-22-40(26(2)24-41)35(43)31-21-30(38-36(44)37-29-16-9-6-10-17-29)18-19-32(31)46-27(3)13-11-12-20-45-33(25)23-39(4)34(42)28-14-7-5-8-15-28/h6,9-10,16-19,21,25-28,33,41H,5,7-8,11-15,20,22-24H2,1-4H3,(H2,37,38,44)/t25-,26-,27-,33+/m1/s1. The number of carbonyl (C=O) groups excluding carboxylic acids is 3. The normalized spacial score (nSPS) is 22.5. The second kappa shape index (κ2) is 17.3. The van der Waals surface area contributed by atoms with Crippen LogP contribution in [0, 0.1) is 11.8 Å². The van der Waals surface area contributed by atoms with Crippen LogP contribution in [0.4, 0.5) is 16.2 Å². The molecule has 4 rings (SSSR count). The Morgan fingerprint density at radius 3 is 2.39 bits per heavy atom. The number of ether oxygens (including phenoxy) is 2. The summed E-state index contributed by atoms with van der Waals surface area (Å²) in [6.07, 6.45) is 7.30. The van der Waals surface area contributed by atoms with Gasteiger partial charge in [-0.3, -0.25) is 9.59 Å². The van der Waals surface area contributed by atoms with Gasteiger partial charge in [0.05, 0.1) is 30.4 Å². The van der Waals surface area contributed by atoms with Crippen LogP contribution in [0.15, 0.2) is 48.5 Å². The number of amides is 4. The molecule has 1 fully saturated rings. The second-order valence-corrected chi connectivity index (χ2v) is 13.0. The molecule has 0 bridgehead atoms. The highest BCUT2D eigenvalue weighted by atomic mass is 16.5. The van der Waals surface area contributed by atoms with Crippen molar-refractivity contribution < 1.29 is 29.0 Å². The number of aliphatic hydroxyl groups excluding tert-OH is 1. The minimum atomic E-state index is -0.492. The van der Waals surface area contributed by atoms with Crippen molar-refractivity contribution in [1.29, 1.82) is 0 Å². The summed E-state index contributed by atoms with van der Waals surface area (Å²) in [5.74, 6) is 0.212. The number of hydrogen-bond acceptors (Lipinski definition) is 6. The zero-order valence-corrected chi connectivity index (χ0v) is 27.9. The summed E-state index contributed by atoms with van der Waals surface area (Å²) in [6.45, 7) is 6.88. The van der Waals surface area contributed by atoms with Gasteiger partial charge in [0.2, 0.25) is 5.91 Å². The second-order valence-electron chi connectivity index (χ2n) is 13.0. The summed E-state index contributed by atoms with van der Waals surface area (Å²) in [5, 5.41) is 15.8. The largest absolute Gasteiger partial charge is 0.490 e. The third-order valence-corrected chi connectivity index (χ3v) is 9.13. The van der Waals surface area contributed by atoms with Crippen molar-refractivity contribution in [3.63, 3.8) is 0 Å². The first-order valence-electron chi connectivity index (χ1n) is 16.9. The van der Waals surface area contributed by atoms with Gasteiger partial charge in [0.25, 0.3) is 5.91 Å². The van der Waals surface area contributed by atoms with E-state index in [1.807, 2.05) is 44.0 Å². The maximum absolute atomic E-state index is 14.3. The molecular formula is C36H52N4O6. The number of fused-ring (bicyclic) bond motifs is 1. The third kappa shape index (κ3) is 9.93. The fourth-order valence-electron chi connectivity index (χ4n) is 6.30. The quantitative estimate of drug-likeness (QED) is 0.335. The number of rotatable bonds is 7. The van der Waals surface area contributed by atoms with Gasteiger partial charge < -0.3 is 35.0 Å². The number of aliphatic hydroxyl groups is 1. The van der Waals surface area contributed by atoms with Crippen LogP contribution in [-0.4, -0.2) is 84.4 Å². The maximum Gasteiger partial charge on any atom is 0.323 e. The first-order valence-corrected chi connectivity index (χ1v) is 16.9. The van der Waals surface area contributed by atoms with E-state index in [-0.39, 0.29) is 42.5 Å². The third-order valence-electron chi connectivity index (χ3n) is 9.13. The number of benzene rings is 2. The molecule has 2 aliphatic rings. The van der Waals surface area contributed by atoms with Crippen molar-refractivity contribution in [2.45, 2.75) is 90.4 Å². The lowest BCUT2D eigenvalue weighted by molar-refractivity contribution is -0.137. The molecule has 2 aromatic rings. The zero-order chi connectivity index (χ0) is 33.1. The highest BCUT2D eigenvalue weighted by Crippen LogP contribution is 2.29. The van der Waals surface area contributed by atoms with E-state index in [2.05, 4.69) is 10.6 Å². The van der Waals surface area contributed by atoms with E-state index in [1.54, 1.807) is 42.2 Å². The number of nitrogens with zero attached hydrogens (tertiary/aromatic N) is 2. The van der Waals surface area contributed by atoms with E-state index in [0.717, 1.165) is 44.9 Å². The predicted molar refractivity (Wildman–Crippen MR) is 180 cm³/mol. The van der Waals surface area contributed by atoms with Gasteiger partial charge in [-0.05, 0) is 76.3 Å². The van der Waals surface area contributed by atoms with Gasteiger partial charge in [-0.25, -0.2) is 4.79 Å². The van der Waals surface area contributed by atoms with Gasteiger partial charge in [-0.1, -0.05) is 44.4 Å². The van der Waals surface area contributed by atoms with Gasteiger partial charge in [0.15, 0.2) is 0 Å². The number of hydrogen-bond donors (Lipinski definition) is 3. The molecule has 1 aliphatic carbocycles. The molecule has 0 unspecified atom stereocenters. The van der Waals surface area contributed by atoms with Crippen molar-refractivity contribution in [1.82, 2.24) is 9.80 Å². The number of nitrogens with one attached hydrogen (secondary N) is 2. The topological polar surface area (TPSA) is 120 Å². The number of likely N-dealkylation sites (N-methyl/N-ethyl adjacent to an activating group) is 1. The minimum absolute atomic E-state index is 0.0654. The monoisotopic (exact) mass is 636 g/mol. The molecule has 1 saturated carbocycles. The van der Waals surface area contributed by atoms with Crippen LogP contribution in [-0.2, 0) is 9.53 Å². The predicted octanol–water partition coefficient (Wildman–Crippen LogP) is 6.16. The summed E-state index contributed by atoms with van der Waals surface area (Å²) in [7, 11) is 1.86. The van der Waals surface area contributed by atoms with Crippen LogP contribution in [0.2, 0.25) is 0 Å². The molecule has 1 heterocycles. The molecule has 1 aliphatic heterocycles. The van der Waals surface area contributed by atoms with Crippen molar-refractivity contribution in [2.75, 3.05) is 44.0 Å². The van der Waals surface area contributed by atoms with Crippen LogP contribution < -0.4 is 15.4 Å². The van der Waals surface area contributed by atoms with E-state index in [0.29, 0.717) is 42.4 Å². The minimum Gasteiger partial charge on any atom is -0.490 e. The van der Waals surface area contributed by atoms with Crippen LogP contribution in [0.1, 0.15) is 82.5 Å². The lowest BCUT2D eigenvalue weighted by Gasteiger charge is -2.36. The first-order chi connectivity index (χ1) is 22.2. The summed E-state index contributed by atoms with van der Waals surface area (Å²) in [4.78, 5) is 43.9. The molecule has 4 atom stereocenters. The van der Waals surface area contributed by atoms with Gasteiger partial charge in [0, 0.05) is 50.0 Å². The average molecular weight is 637 g/mol. The fraction of sp³-hybridized carbons (Fsp3) is 0.583. The zero-order valence-electron chi connectivity index (χ0n) is 27.9. The van der Waals surface area contributed by atoms with E-state index >= 15 is 0 Å². The van der Waals surface area contributed by atoms with E-state index < -0.39 is 12.1 Å². The molecule has 2 aromatic carbocycles. The molecule has 252 valence electrons. The Hall–Kier alpha value is -3.63. The van der Waals surface area contributed by atoms with Gasteiger partial charge in [0.1, 0.15) is 5.75 Å². The summed E-state index contributed by atoms with van der Waals surface area (Å²) in [6, 6.07) is 13.3. The Labute approximate surface area is 273 Å². The number of para-hydroxylation sites is 1. The molecule has 0 aromatic heterocycles. The summed E-state index contributed by atoms with van der Waals surface area (Å²) >= 11 is 0. The van der Waals surface area contributed by atoms with Crippen LogP contribution in [0.3, 0.4) is 0 Å². The number of carbonyl (C=O) groups is 3. The highest BCUT2D eigenvalue weighted by Gasteiger charge is 2.32. The number of urea groups is 1. The Morgan fingerprint density at radius 2 is 1.67 bits per heavy atom. The van der Waals surface area contributed by atoms with E-state index in [9.17, 15) is 19.5 Å². The van der Waals surface area contributed by atoms with E-state index in [1.165, 1.54) is 6.42 Å². The molecule has 3 N–H and O–H groups in total. The first kappa shape index (κ1) is 35.2. The molecule has 0 spiro atoms. The molecule has 4 amide bonds. The lowest BCUT2D eigenvalue weighted by Crippen LogP contribution is -2.48. The maximum atomic E-state index is 14.3. The SMILES string of the molecule is C[C@@H]1CCCCO[C@@H](CN(C)C(=O)C2CCCCC2)[C@H](C)CN([C@H](C)CO)C(=O)c2cc(NC(=O)Nc3ccccc3)ccc2O1. The molecule has 10 heteroatoms. The van der Waals surface area contributed by atoms with Crippen molar-refractivity contribution in [2.24, 2.45) is 11.8 Å².